The minimum atomic E-state index is -0.174. The van der Waals surface area contributed by atoms with E-state index in [1.165, 1.54) is 18.9 Å². The Morgan fingerprint density at radius 2 is 2.06 bits per heavy atom. The van der Waals surface area contributed by atoms with Gasteiger partial charge in [0, 0.05) is 24.2 Å². The predicted molar refractivity (Wildman–Crippen MR) is 69.0 cm³/mol. The van der Waals surface area contributed by atoms with Crippen LogP contribution in [0.3, 0.4) is 0 Å². The number of benzene rings is 1. The zero-order valence-corrected chi connectivity index (χ0v) is 10.6. The lowest BCUT2D eigenvalue weighted by Gasteiger charge is -2.07. The first-order chi connectivity index (χ1) is 8.25. The van der Waals surface area contributed by atoms with E-state index in [0.717, 1.165) is 25.7 Å². The first kappa shape index (κ1) is 12.8. The van der Waals surface area contributed by atoms with E-state index in [9.17, 15) is 4.39 Å². The lowest BCUT2D eigenvalue weighted by Crippen LogP contribution is -2.29. The van der Waals surface area contributed by atoms with Crippen molar-refractivity contribution in [2.75, 3.05) is 19.6 Å². The lowest BCUT2D eigenvalue weighted by molar-refractivity contribution is 0.584. The van der Waals surface area contributed by atoms with E-state index >= 15 is 0 Å². The van der Waals surface area contributed by atoms with Crippen LogP contribution in [0, 0.1) is 5.82 Å². The molecule has 94 valence electrons. The highest BCUT2D eigenvalue weighted by Gasteiger charge is 2.19. The molecule has 1 aromatic carbocycles. The molecule has 0 aliphatic heterocycles. The highest BCUT2D eigenvalue weighted by Crippen LogP contribution is 2.17. The SMILES string of the molecule is Fc1ccc(Cl)cc1CCNCCNC1CC1. The van der Waals surface area contributed by atoms with Gasteiger partial charge in [0.05, 0.1) is 0 Å². The van der Waals surface area contributed by atoms with Crippen LogP contribution >= 0.6 is 11.6 Å². The van der Waals surface area contributed by atoms with Gasteiger partial charge in [-0.3, -0.25) is 0 Å². The Bertz CT molecular complexity index is 366. The number of hydrogen-bond acceptors (Lipinski definition) is 2. The zero-order valence-electron chi connectivity index (χ0n) is 9.81. The summed E-state index contributed by atoms with van der Waals surface area (Å²) in [7, 11) is 0. The van der Waals surface area contributed by atoms with E-state index in [-0.39, 0.29) is 5.82 Å². The van der Waals surface area contributed by atoms with E-state index in [0.29, 0.717) is 17.0 Å². The fourth-order valence-electron chi connectivity index (χ4n) is 1.74. The number of hydrogen-bond donors (Lipinski definition) is 2. The summed E-state index contributed by atoms with van der Waals surface area (Å²) in [5.41, 5.74) is 0.681. The number of rotatable bonds is 7. The summed E-state index contributed by atoms with van der Waals surface area (Å²) in [6.07, 6.45) is 3.30. The number of nitrogens with one attached hydrogen (secondary N) is 2. The largest absolute Gasteiger partial charge is 0.315 e. The van der Waals surface area contributed by atoms with Crippen molar-refractivity contribution in [3.8, 4) is 0 Å². The van der Waals surface area contributed by atoms with E-state index in [1.54, 1.807) is 12.1 Å². The van der Waals surface area contributed by atoms with Gasteiger partial charge in [0.15, 0.2) is 0 Å². The van der Waals surface area contributed by atoms with E-state index in [2.05, 4.69) is 10.6 Å². The van der Waals surface area contributed by atoms with Crippen LogP contribution in [-0.2, 0) is 6.42 Å². The lowest BCUT2D eigenvalue weighted by atomic mass is 10.1. The van der Waals surface area contributed by atoms with Crippen LogP contribution in [0.15, 0.2) is 18.2 Å². The Kier molecular flexibility index (Phi) is 4.77. The maximum atomic E-state index is 13.4. The van der Waals surface area contributed by atoms with Crippen LogP contribution < -0.4 is 10.6 Å². The maximum Gasteiger partial charge on any atom is 0.126 e. The van der Waals surface area contributed by atoms with Gasteiger partial charge in [0.2, 0.25) is 0 Å². The number of halogens is 2. The molecule has 0 amide bonds. The van der Waals surface area contributed by atoms with Crippen LogP contribution in [0.25, 0.3) is 0 Å². The minimum absolute atomic E-state index is 0.174. The molecule has 4 heteroatoms. The average Bonchev–Trinajstić information content (AvgIpc) is 3.11. The van der Waals surface area contributed by atoms with Gasteiger partial charge >= 0.3 is 0 Å². The molecule has 0 spiro atoms. The van der Waals surface area contributed by atoms with Gasteiger partial charge in [-0.15, -0.1) is 0 Å². The Labute approximate surface area is 107 Å². The maximum absolute atomic E-state index is 13.4. The summed E-state index contributed by atoms with van der Waals surface area (Å²) in [6.45, 7) is 2.70. The van der Waals surface area contributed by atoms with Crippen molar-refractivity contribution in [1.82, 2.24) is 10.6 Å². The van der Waals surface area contributed by atoms with E-state index in [4.69, 9.17) is 11.6 Å². The summed E-state index contributed by atoms with van der Waals surface area (Å²) < 4.78 is 13.4. The predicted octanol–water partition coefficient (Wildman–Crippen LogP) is 2.36. The molecule has 17 heavy (non-hydrogen) atoms. The Morgan fingerprint density at radius 3 is 2.82 bits per heavy atom. The summed E-state index contributed by atoms with van der Waals surface area (Å²) in [5.74, 6) is -0.174. The molecule has 1 aliphatic carbocycles. The van der Waals surface area contributed by atoms with Gasteiger partial charge in [0.1, 0.15) is 5.82 Å². The van der Waals surface area contributed by atoms with E-state index < -0.39 is 0 Å². The molecule has 0 bridgehead atoms. The van der Waals surface area contributed by atoms with E-state index in [1.807, 2.05) is 0 Å². The molecule has 2 nitrogen and oxygen atoms in total. The monoisotopic (exact) mass is 256 g/mol. The van der Waals surface area contributed by atoms with Gasteiger partial charge < -0.3 is 10.6 Å². The molecule has 0 saturated heterocycles. The van der Waals surface area contributed by atoms with Crippen molar-refractivity contribution < 1.29 is 4.39 Å². The van der Waals surface area contributed by atoms with Gasteiger partial charge in [-0.05, 0) is 49.6 Å². The highest BCUT2D eigenvalue weighted by atomic mass is 35.5. The topological polar surface area (TPSA) is 24.1 Å². The minimum Gasteiger partial charge on any atom is -0.315 e. The Hall–Kier alpha value is -0.640. The molecule has 2 N–H and O–H groups in total. The van der Waals surface area contributed by atoms with Crippen molar-refractivity contribution in [1.29, 1.82) is 0 Å². The molecule has 0 atom stereocenters. The molecule has 0 radical (unpaired) electrons. The molecule has 1 aromatic rings. The molecular weight excluding hydrogens is 239 g/mol. The first-order valence-corrected chi connectivity index (χ1v) is 6.51. The molecule has 1 aliphatic rings. The van der Waals surface area contributed by atoms with Crippen LogP contribution in [0.5, 0.6) is 0 Å². The molecule has 0 unspecified atom stereocenters. The van der Waals surface area contributed by atoms with Gasteiger partial charge in [-0.25, -0.2) is 4.39 Å². The highest BCUT2D eigenvalue weighted by molar-refractivity contribution is 6.30. The zero-order chi connectivity index (χ0) is 12.1. The summed E-state index contributed by atoms with van der Waals surface area (Å²) >= 11 is 5.82. The third-order valence-electron chi connectivity index (χ3n) is 2.89. The Balaban J connectivity index is 1.61. The fraction of sp³-hybridized carbons (Fsp3) is 0.538. The quantitative estimate of drug-likeness (QED) is 0.732. The van der Waals surface area contributed by atoms with Crippen LogP contribution in [0.2, 0.25) is 5.02 Å². The third kappa shape index (κ3) is 4.62. The second kappa shape index (κ2) is 6.34. The second-order valence-electron chi connectivity index (χ2n) is 4.46. The second-order valence-corrected chi connectivity index (χ2v) is 4.90. The van der Waals surface area contributed by atoms with Gasteiger partial charge in [-0.1, -0.05) is 11.6 Å². The van der Waals surface area contributed by atoms with Crippen molar-refractivity contribution in [3.05, 3.63) is 34.6 Å². The molecular formula is C13H18ClFN2. The van der Waals surface area contributed by atoms with Gasteiger partial charge in [0.25, 0.3) is 0 Å². The normalized spacial score (nSPS) is 15.2. The summed E-state index contributed by atoms with van der Waals surface area (Å²) in [6, 6.07) is 5.45. The smallest absolute Gasteiger partial charge is 0.126 e. The van der Waals surface area contributed by atoms with Crippen LogP contribution in [0.4, 0.5) is 4.39 Å². The fourth-order valence-corrected chi connectivity index (χ4v) is 1.93. The molecule has 2 rings (SSSR count). The summed E-state index contributed by atoms with van der Waals surface area (Å²) in [4.78, 5) is 0. The summed E-state index contributed by atoms with van der Waals surface area (Å²) in [5, 5.41) is 7.30. The average molecular weight is 257 g/mol. The molecule has 0 heterocycles. The van der Waals surface area contributed by atoms with Crippen LogP contribution in [0.1, 0.15) is 18.4 Å². The first-order valence-electron chi connectivity index (χ1n) is 6.14. The van der Waals surface area contributed by atoms with Crippen molar-refractivity contribution >= 4 is 11.6 Å². The van der Waals surface area contributed by atoms with Crippen LogP contribution in [-0.4, -0.2) is 25.7 Å². The molecule has 0 aromatic heterocycles. The van der Waals surface area contributed by atoms with Crippen molar-refractivity contribution in [2.45, 2.75) is 25.3 Å². The Morgan fingerprint density at radius 1 is 1.24 bits per heavy atom. The standard InChI is InChI=1S/C13H18ClFN2/c14-11-1-4-13(15)10(9-11)5-6-16-7-8-17-12-2-3-12/h1,4,9,12,16-17H,2-3,5-8H2. The molecule has 1 saturated carbocycles. The van der Waals surface area contributed by atoms with Crippen molar-refractivity contribution in [3.63, 3.8) is 0 Å². The van der Waals surface area contributed by atoms with Crippen molar-refractivity contribution in [2.24, 2.45) is 0 Å². The third-order valence-corrected chi connectivity index (χ3v) is 3.13. The van der Waals surface area contributed by atoms with Gasteiger partial charge in [-0.2, -0.15) is 0 Å². The molecule has 1 fully saturated rings.